The van der Waals surface area contributed by atoms with Crippen LogP contribution < -0.4 is 10.6 Å². The number of aryl methyl sites for hydroxylation is 2. The molecule has 2 aromatic heterocycles. The Labute approximate surface area is 116 Å². The van der Waals surface area contributed by atoms with Gasteiger partial charge >= 0.3 is 6.03 Å². The molecule has 2 N–H and O–H groups in total. The molecule has 1 aliphatic rings. The molecule has 3 heterocycles. The van der Waals surface area contributed by atoms with Crippen molar-refractivity contribution in [3.63, 3.8) is 0 Å². The van der Waals surface area contributed by atoms with E-state index in [0.29, 0.717) is 5.82 Å². The van der Waals surface area contributed by atoms with E-state index in [1.807, 2.05) is 23.7 Å². The van der Waals surface area contributed by atoms with E-state index in [9.17, 15) is 4.79 Å². The summed E-state index contributed by atoms with van der Waals surface area (Å²) >= 11 is 0. The molecule has 104 valence electrons. The summed E-state index contributed by atoms with van der Waals surface area (Å²) in [6, 6.07) is 5.12. The number of amides is 2. The number of aromatic nitrogens is 4. The van der Waals surface area contributed by atoms with Gasteiger partial charge in [-0.2, -0.15) is 5.10 Å². The average Bonchev–Trinajstić information content (AvgIpc) is 2.88. The molecule has 0 saturated heterocycles. The van der Waals surface area contributed by atoms with Crippen molar-refractivity contribution in [1.29, 1.82) is 0 Å². The Hall–Kier alpha value is -2.44. The highest BCUT2D eigenvalue weighted by Crippen LogP contribution is 2.21. The van der Waals surface area contributed by atoms with Gasteiger partial charge in [0.1, 0.15) is 18.0 Å². The van der Waals surface area contributed by atoms with Crippen LogP contribution in [0, 0.1) is 6.92 Å². The Balaban J connectivity index is 1.66. The monoisotopic (exact) mass is 272 g/mol. The first-order valence-corrected chi connectivity index (χ1v) is 6.61. The third kappa shape index (κ3) is 2.61. The Morgan fingerprint density at radius 3 is 3.20 bits per heavy atom. The van der Waals surface area contributed by atoms with E-state index in [0.717, 1.165) is 30.9 Å². The molecular weight excluding hydrogens is 256 g/mol. The molecule has 2 aromatic rings. The van der Waals surface area contributed by atoms with E-state index in [1.165, 1.54) is 6.33 Å². The van der Waals surface area contributed by atoms with Crippen molar-refractivity contribution in [2.75, 3.05) is 5.32 Å². The lowest BCUT2D eigenvalue weighted by Gasteiger charge is -2.23. The number of nitrogens with zero attached hydrogens (tertiary/aromatic N) is 4. The Kier molecular flexibility index (Phi) is 3.32. The molecule has 1 unspecified atom stereocenters. The standard InChI is InChI=1S/C13H16N6O/c1-9-4-2-6-11(16-9)18-13(20)17-10-5-3-7-19-12(10)14-8-15-19/h2,4,6,8,10H,3,5,7H2,1H3,(H2,16,17,18,20). The van der Waals surface area contributed by atoms with Crippen molar-refractivity contribution in [2.45, 2.75) is 32.4 Å². The SMILES string of the molecule is Cc1cccc(NC(=O)NC2CCCn3ncnc32)n1. The van der Waals surface area contributed by atoms with E-state index in [4.69, 9.17) is 0 Å². The Morgan fingerprint density at radius 2 is 2.35 bits per heavy atom. The van der Waals surface area contributed by atoms with Crippen LogP contribution in [-0.2, 0) is 6.54 Å². The second-order valence-corrected chi connectivity index (χ2v) is 4.80. The minimum absolute atomic E-state index is 0.101. The summed E-state index contributed by atoms with van der Waals surface area (Å²) in [5.74, 6) is 1.35. The fourth-order valence-electron chi connectivity index (χ4n) is 2.35. The van der Waals surface area contributed by atoms with Crippen LogP contribution in [0.25, 0.3) is 0 Å². The molecule has 0 aromatic carbocycles. The number of pyridine rings is 1. The molecule has 0 bridgehead atoms. The first kappa shape index (κ1) is 12.6. The molecule has 0 radical (unpaired) electrons. The zero-order valence-electron chi connectivity index (χ0n) is 11.2. The van der Waals surface area contributed by atoms with Crippen molar-refractivity contribution in [3.8, 4) is 0 Å². The molecule has 3 rings (SSSR count). The molecule has 7 nitrogen and oxygen atoms in total. The van der Waals surface area contributed by atoms with Gasteiger partial charge in [-0.15, -0.1) is 0 Å². The van der Waals surface area contributed by atoms with Gasteiger partial charge in [0.25, 0.3) is 0 Å². The van der Waals surface area contributed by atoms with E-state index < -0.39 is 0 Å². The largest absolute Gasteiger partial charge is 0.328 e. The lowest BCUT2D eigenvalue weighted by molar-refractivity contribution is 0.244. The number of nitrogens with one attached hydrogen (secondary N) is 2. The third-order valence-electron chi connectivity index (χ3n) is 3.26. The minimum Gasteiger partial charge on any atom is -0.328 e. The molecule has 1 atom stereocenters. The maximum Gasteiger partial charge on any atom is 0.320 e. The quantitative estimate of drug-likeness (QED) is 0.870. The normalized spacial score (nSPS) is 17.4. The molecule has 0 aliphatic carbocycles. The first-order valence-electron chi connectivity index (χ1n) is 6.61. The molecule has 1 aliphatic heterocycles. The van der Waals surface area contributed by atoms with Crippen molar-refractivity contribution in [1.82, 2.24) is 25.1 Å². The topological polar surface area (TPSA) is 84.7 Å². The second kappa shape index (κ2) is 5.28. The molecular formula is C13H16N6O. The molecule has 2 amide bonds. The van der Waals surface area contributed by atoms with Gasteiger partial charge in [-0.05, 0) is 31.9 Å². The van der Waals surface area contributed by atoms with Crippen LogP contribution in [-0.4, -0.2) is 25.8 Å². The maximum absolute atomic E-state index is 12.0. The molecule has 0 spiro atoms. The van der Waals surface area contributed by atoms with Crippen molar-refractivity contribution in [3.05, 3.63) is 36.0 Å². The van der Waals surface area contributed by atoms with Crippen LogP contribution in [0.2, 0.25) is 0 Å². The van der Waals surface area contributed by atoms with Crippen molar-refractivity contribution in [2.24, 2.45) is 0 Å². The first-order chi connectivity index (χ1) is 9.72. The number of anilines is 1. The van der Waals surface area contributed by atoms with Gasteiger partial charge in [0.05, 0.1) is 6.04 Å². The summed E-state index contributed by atoms with van der Waals surface area (Å²) in [6.45, 7) is 2.74. The van der Waals surface area contributed by atoms with Gasteiger partial charge in [-0.3, -0.25) is 5.32 Å². The predicted molar refractivity (Wildman–Crippen MR) is 73.1 cm³/mol. The van der Waals surface area contributed by atoms with Gasteiger partial charge in [-0.1, -0.05) is 6.07 Å². The zero-order chi connectivity index (χ0) is 13.9. The second-order valence-electron chi connectivity index (χ2n) is 4.80. The van der Waals surface area contributed by atoms with Crippen LogP contribution in [0.4, 0.5) is 10.6 Å². The Morgan fingerprint density at radius 1 is 1.45 bits per heavy atom. The molecule has 0 fully saturated rings. The smallest absolute Gasteiger partial charge is 0.320 e. The van der Waals surface area contributed by atoms with Crippen molar-refractivity contribution < 1.29 is 4.79 Å². The zero-order valence-corrected chi connectivity index (χ0v) is 11.2. The average molecular weight is 272 g/mol. The third-order valence-corrected chi connectivity index (χ3v) is 3.26. The molecule has 7 heteroatoms. The number of hydrogen-bond acceptors (Lipinski definition) is 4. The number of carbonyl (C=O) groups is 1. The summed E-state index contributed by atoms with van der Waals surface area (Å²) in [4.78, 5) is 20.4. The summed E-state index contributed by atoms with van der Waals surface area (Å²) < 4.78 is 1.83. The van der Waals surface area contributed by atoms with Gasteiger partial charge in [0.15, 0.2) is 0 Å². The van der Waals surface area contributed by atoms with Crippen LogP contribution in [0.1, 0.15) is 30.4 Å². The van der Waals surface area contributed by atoms with Crippen LogP contribution in [0.15, 0.2) is 24.5 Å². The fraction of sp³-hybridized carbons (Fsp3) is 0.385. The van der Waals surface area contributed by atoms with Crippen LogP contribution in [0.3, 0.4) is 0 Å². The highest BCUT2D eigenvalue weighted by molar-refractivity contribution is 5.88. The van der Waals surface area contributed by atoms with Gasteiger partial charge in [0, 0.05) is 12.2 Å². The van der Waals surface area contributed by atoms with Gasteiger partial charge in [-0.25, -0.2) is 19.4 Å². The van der Waals surface area contributed by atoms with E-state index in [2.05, 4.69) is 25.7 Å². The lowest BCUT2D eigenvalue weighted by atomic mass is 10.1. The molecule has 0 saturated carbocycles. The number of fused-ring (bicyclic) bond motifs is 1. The number of rotatable bonds is 2. The maximum atomic E-state index is 12.0. The highest BCUT2D eigenvalue weighted by atomic mass is 16.2. The lowest BCUT2D eigenvalue weighted by Crippen LogP contribution is -2.36. The minimum atomic E-state index is -0.274. The summed E-state index contributed by atoms with van der Waals surface area (Å²) in [7, 11) is 0. The predicted octanol–water partition coefficient (Wildman–Crippen LogP) is 1.64. The summed E-state index contributed by atoms with van der Waals surface area (Å²) in [5.41, 5.74) is 0.861. The number of hydrogen-bond donors (Lipinski definition) is 2. The fourth-order valence-corrected chi connectivity index (χ4v) is 2.35. The molecule has 20 heavy (non-hydrogen) atoms. The van der Waals surface area contributed by atoms with Gasteiger partial charge < -0.3 is 5.32 Å². The van der Waals surface area contributed by atoms with E-state index >= 15 is 0 Å². The Bertz CT molecular complexity index is 623. The van der Waals surface area contributed by atoms with Crippen molar-refractivity contribution >= 4 is 11.8 Å². The van der Waals surface area contributed by atoms with Crippen LogP contribution in [0.5, 0.6) is 0 Å². The number of carbonyl (C=O) groups excluding carboxylic acids is 1. The summed E-state index contributed by atoms with van der Waals surface area (Å²) in [6.07, 6.45) is 3.37. The van der Waals surface area contributed by atoms with Gasteiger partial charge in [0.2, 0.25) is 0 Å². The number of urea groups is 1. The van der Waals surface area contributed by atoms with E-state index in [1.54, 1.807) is 6.07 Å². The van der Waals surface area contributed by atoms with E-state index in [-0.39, 0.29) is 12.1 Å². The van der Waals surface area contributed by atoms with Crippen LogP contribution >= 0.6 is 0 Å². The summed E-state index contributed by atoms with van der Waals surface area (Å²) in [5, 5.41) is 9.78. The highest BCUT2D eigenvalue weighted by Gasteiger charge is 2.23.